The lowest BCUT2D eigenvalue weighted by molar-refractivity contribution is -0.113. The molecule has 6 nitrogen and oxygen atoms in total. The Balaban J connectivity index is 1.74. The molecule has 1 amide bonds. The molecule has 0 bridgehead atoms. The summed E-state index contributed by atoms with van der Waals surface area (Å²) in [7, 11) is 3.94. The van der Waals surface area contributed by atoms with Crippen LogP contribution in [-0.4, -0.2) is 35.3 Å². The number of nitrogens with one attached hydrogen (secondary N) is 1. The van der Waals surface area contributed by atoms with E-state index in [0.29, 0.717) is 22.6 Å². The van der Waals surface area contributed by atoms with Gasteiger partial charge in [-0.15, -0.1) is 0 Å². The maximum atomic E-state index is 12.9. The number of benzene rings is 2. The van der Waals surface area contributed by atoms with E-state index in [1.165, 1.54) is 11.8 Å². The molecule has 0 aliphatic carbocycles. The van der Waals surface area contributed by atoms with E-state index in [0.717, 1.165) is 24.2 Å². The number of aromatic nitrogens is 2. The van der Waals surface area contributed by atoms with Crippen molar-refractivity contribution < 1.29 is 4.79 Å². The van der Waals surface area contributed by atoms with Crippen LogP contribution in [0.2, 0.25) is 0 Å². The molecule has 29 heavy (non-hydrogen) atoms. The first-order valence-corrected chi connectivity index (χ1v) is 10.7. The average Bonchev–Trinajstić information content (AvgIpc) is 2.72. The molecule has 1 heterocycles. The van der Waals surface area contributed by atoms with Crippen molar-refractivity contribution in [2.45, 2.75) is 31.5 Å². The van der Waals surface area contributed by atoms with Gasteiger partial charge in [0.1, 0.15) is 0 Å². The maximum absolute atomic E-state index is 12.9. The standard InChI is InChI=1S/C22H26N4O2S/c1-4-5-14-26-21(28)18-8-6-7-9-19(18)24-22(26)29-15-20(27)23-16-10-12-17(13-11-16)25(2)3/h6-13H,4-5,14-15H2,1-3H3,(H,23,27). The first-order chi connectivity index (χ1) is 14.0. The van der Waals surface area contributed by atoms with Crippen molar-refractivity contribution in [3.8, 4) is 0 Å². The quantitative estimate of drug-likeness (QED) is 0.449. The third-order valence-electron chi connectivity index (χ3n) is 4.56. The Kier molecular flexibility index (Phi) is 6.93. The van der Waals surface area contributed by atoms with E-state index < -0.39 is 0 Å². The molecule has 0 radical (unpaired) electrons. The van der Waals surface area contributed by atoms with Crippen LogP contribution >= 0.6 is 11.8 Å². The molecule has 7 heteroatoms. The first-order valence-electron chi connectivity index (χ1n) is 9.69. The van der Waals surface area contributed by atoms with E-state index in [9.17, 15) is 9.59 Å². The lowest BCUT2D eigenvalue weighted by Gasteiger charge is -2.14. The van der Waals surface area contributed by atoms with Gasteiger partial charge in [-0.05, 0) is 42.8 Å². The molecule has 0 saturated heterocycles. The van der Waals surface area contributed by atoms with Crippen LogP contribution in [0, 0.1) is 0 Å². The zero-order chi connectivity index (χ0) is 20.8. The summed E-state index contributed by atoms with van der Waals surface area (Å²) in [6.45, 7) is 2.68. The van der Waals surface area contributed by atoms with E-state index in [1.807, 2.05) is 61.5 Å². The number of anilines is 2. The van der Waals surface area contributed by atoms with Crippen LogP contribution in [0.5, 0.6) is 0 Å². The minimum absolute atomic E-state index is 0.0498. The van der Waals surface area contributed by atoms with Crippen LogP contribution in [0.1, 0.15) is 19.8 Å². The Bertz CT molecular complexity index is 1040. The first kappa shape index (κ1) is 20.9. The fourth-order valence-electron chi connectivity index (χ4n) is 2.94. The van der Waals surface area contributed by atoms with Gasteiger partial charge in [0.25, 0.3) is 5.56 Å². The van der Waals surface area contributed by atoms with Crippen molar-refractivity contribution in [3.63, 3.8) is 0 Å². The third-order valence-corrected chi connectivity index (χ3v) is 5.54. The zero-order valence-corrected chi connectivity index (χ0v) is 17.8. The number of para-hydroxylation sites is 1. The van der Waals surface area contributed by atoms with Gasteiger partial charge in [0, 0.05) is 32.0 Å². The van der Waals surface area contributed by atoms with Crippen molar-refractivity contribution in [1.29, 1.82) is 0 Å². The van der Waals surface area contributed by atoms with Crippen molar-refractivity contribution in [1.82, 2.24) is 9.55 Å². The molecular formula is C22H26N4O2S. The monoisotopic (exact) mass is 410 g/mol. The SMILES string of the molecule is CCCCn1c(SCC(=O)Nc2ccc(N(C)C)cc2)nc2ccccc2c1=O. The predicted molar refractivity (Wildman–Crippen MR) is 121 cm³/mol. The molecule has 0 fully saturated rings. The molecule has 0 unspecified atom stereocenters. The molecule has 0 aliphatic rings. The average molecular weight is 411 g/mol. The number of carbonyl (C=O) groups is 1. The number of nitrogens with zero attached hydrogens (tertiary/aromatic N) is 3. The van der Waals surface area contributed by atoms with E-state index in [1.54, 1.807) is 10.6 Å². The van der Waals surface area contributed by atoms with Crippen molar-refractivity contribution in [2.24, 2.45) is 0 Å². The van der Waals surface area contributed by atoms with Gasteiger partial charge in [-0.3, -0.25) is 14.2 Å². The van der Waals surface area contributed by atoms with Crippen LogP contribution in [0.15, 0.2) is 58.5 Å². The molecule has 152 valence electrons. The molecule has 0 spiro atoms. The molecule has 0 atom stereocenters. The summed E-state index contributed by atoms with van der Waals surface area (Å²) >= 11 is 1.29. The topological polar surface area (TPSA) is 67.2 Å². The fourth-order valence-corrected chi connectivity index (χ4v) is 3.77. The van der Waals surface area contributed by atoms with Gasteiger partial charge >= 0.3 is 0 Å². The summed E-state index contributed by atoms with van der Waals surface area (Å²) in [5.41, 5.74) is 2.42. The zero-order valence-electron chi connectivity index (χ0n) is 17.0. The summed E-state index contributed by atoms with van der Waals surface area (Å²) in [6.07, 6.45) is 1.87. The summed E-state index contributed by atoms with van der Waals surface area (Å²) in [4.78, 5) is 31.9. The maximum Gasteiger partial charge on any atom is 0.262 e. The second-order valence-electron chi connectivity index (χ2n) is 7.00. The van der Waals surface area contributed by atoms with Gasteiger partial charge < -0.3 is 10.2 Å². The van der Waals surface area contributed by atoms with Crippen LogP contribution in [0.3, 0.4) is 0 Å². The molecule has 3 aromatic rings. The summed E-state index contributed by atoms with van der Waals surface area (Å²) in [6, 6.07) is 15.0. The highest BCUT2D eigenvalue weighted by molar-refractivity contribution is 7.99. The molecule has 1 N–H and O–H groups in total. The van der Waals surface area contributed by atoms with Crippen LogP contribution in [0.25, 0.3) is 10.9 Å². The number of fused-ring (bicyclic) bond motifs is 1. The Morgan fingerprint density at radius 2 is 1.86 bits per heavy atom. The van der Waals surface area contributed by atoms with Crippen molar-refractivity contribution in [3.05, 3.63) is 58.9 Å². The second kappa shape index (κ2) is 9.60. The highest BCUT2D eigenvalue weighted by Gasteiger charge is 2.13. The van der Waals surface area contributed by atoms with E-state index in [2.05, 4.69) is 17.2 Å². The molecule has 1 aromatic heterocycles. The van der Waals surface area contributed by atoms with Crippen molar-refractivity contribution >= 4 is 39.9 Å². The van der Waals surface area contributed by atoms with Gasteiger partial charge in [0.05, 0.1) is 16.7 Å². The Hall–Kier alpha value is -2.80. The number of amides is 1. The smallest absolute Gasteiger partial charge is 0.262 e. The molecular weight excluding hydrogens is 384 g/mol. The fraction of sp³-hybridized carbons (Fsp3) is 0.318. The van der Waals surface area contributed by atoms with Crippen LogP contribution in [0.4, 0.5) is 11.4 Å². The van der Waals surface area contributed by atoms with Crippen molar-refractivity contribution in [2.75, 3.05) is 30.1 Å². The Labute approximate surface area is 174 Å². The van der Waals surface area contributed by atoms with Crippen LogP contribution in [-0.2, 0) is 11.3 Å². The summed E-state index contributed by atoms with van der Waals surface area (Å²) in [5, 5.41) is 4.09. The highest BCUT2D eigenvalue weighted by atomic mass is 32.2. The molecule has 0 saturated carbocycles. The van der Waals surface area contributed by atoms with Gasteiger partial charge in [-0.2, -0.15) is 0 Å². The van der Waals surface area contributed by atoms with Gasteiger partial charge in [0.2, 0.25) is 5.91 Å². The second-order valence-corrected chi connectivity index (χ2v) is 7.94. The minimum Gasteiger partial charge on any atom is -0.378 e. The third kappa shape index (κ3) is 5.17. The van der Waals surface area contributed by atoms with Crippen LogP contribution < -0.4 is 15.8 Å². The Morgan fingerprint density at radius 3 is 2.55 bits per heavy atom. The lowest BCUT2D eigenvalue weighted by atomic mass is 10.2. The largest absolute Gasteiger partial charge is 0.378 e. The summed E-state index contributed by atoms with van der Waals surface area (Å²) in [5.74, 6) is 0.0591. The number of thioether (sulfide) groups is 1. The number of unbranched alkanes of at least 4 members (excludes halogenated alkanes) is 1. The number of hydrogen-bond donors (Lipinski definition) is 1. The number of hydrogen-bond acceptors (Lipinski definition) is 5. The van der Waals surface area contributed by atoms with Gasteiger partial charge in [-0.25, -0.2) is 4.98 Å². The highest BCUT2D eigenvalue weighted by Crippen LogP contribution is 2.20. The lowest BCUT2D eigenvalue weighted by Crippen LogP contribution is -2.24. The molecule has 3 rings (SSSR count). The van der Waals surface area contributed by atoms with E-state index in [4.69, 9.17) is 0 Å². The number of carbonyl (C=O) groups excluding carboxylic acids is 1. The predicted octanol–water partition coefficient (Wildman–Crippen LogP) is 3.99. The molecule has 0 aliphatic heterocycles. The normalized spacial score (nSPS) is 10.9. The minimum atomic E-state index is -0.128. The van der Waals surface area contributed by atoms with Gasteiger partial charge in [-0.1, -0.05) is 37.2 Å². The number of rotatable bonds is 8. The Morgan fingerprint density at radius 1 is 1.14 bits per heavy atom. The van der Waals surface area contributed by atoms with E-state index in [-0.39, 0.29) is 17.2 Å². The van der Waals surface area contributed by atoms with Gasteiger partial charge in [0.15, 0.2) is 5.16 Å². The summed E-state index contributed by atoms with van der Waals surface area (Å²) < 4.78 is 1.69. The van der Waals surface area contributed by atoms with E-state index >= 15 is 0 Å². The molecule has 2 aromatic carbocycles.